The van der Waals surface area contributed by atoms with Gasteiger partial charge in [-0.15, -0.1) is 0 Å². The Labute approximate surface area is 108 Å². The van der Waals surface area contributed by atoms with Crippen LogP contribution >= 0.6 is 0 Å². The highest BCUT2D eigenvalue weighted by atomic mass is 16.7. The monoisotopic (exact) mass is 247 g/mol. The van der Waals surface area contributed by atoms with Gasteiger partial charge in [0.05, 0.1) is 0 Å². The van der Waals surface area contributed by atoms with E-state index in [0.29, 0.717) is 18.9 Å². The minimum Gasteiger partial charge on any atom is -0.454 e. The van der Waals surface area contributed by atoms with Crippen LogP contribution in [0, 0.1) is 5.92 Å². The number of ether oxygens (including phenoxy) is 2. The first-order valence-corrected chi connectivity index (χ1v) is 6.93. The maximum Gasteiger partial charge on any atom is 0.231 e. The Kier molecular flexibility index (Phi) is 3.16. The fraction of sp³-hybridized carbons (Fsp3) is 0.600. The van der Waals surface area contributed by atoms with Gasteiger partial charge in [0, 0.05) is 12.1 Å². The lowest BCUT2D eigenvalue weighted by molar-refractivity contribution is 0.174. The van der Waals surface area contributed by atoms with Crippen molar-refractivity contribution < 1.29 is 9.47 Å². The highest BCUT2D eigenvalue weighted by Crippen LogP contribution is 2.38. The molecule has 2 aliphatic rings. The third kappa shape index (κ3) is 2.32. The summed E-state index contributed by atoms with van der Waals surface area (Å²) in [4.78, 5) is 0. The van der Waals surface area contributed by atoms with Crippen molar-refractivity contribution >= 4 is 0 Å². The van der Waals surface area contributed by atoms with E-state index in [9.17, 15) is 0 Å². The van der Waals surface area contributed by atoms with Crippen molar-refractivity contribution in [2.75, 3.05) is 6.79 Å². The molecule has 1 aromatic carbocycles. The molecule has 1 heterocycles. The summed E-state index contributed by atoms with van der Waals surface area (Å²) in [6, 6.07) is 7.32. The van der Waals surface area contributed by atoms with E-state index in [1.807, 2.05) is 6.07 Å². The van der Waals surface area contributed by atoms with Crippen LogP contribution in [0.1, 0.15) is 44.7 Å². The molecule has 1 aromatic rings. The molecule has 18 heavy (non-hydrogen) atoms. The first-order valence-electron chi connectivity index (χ1n) is 6.93. The molecule has 0 radical (unpaired) electrons. The predicted molar refractivity (Wildman–Crippen MR) is 70.9 cm³/mol. The van der Waals surface area contributed by atoms with Gasteiger partial charge in [-0.1, -0.05) is 19.4 Å². The van der Waals surface area contributed by atoms with Crippen LogP contribution in [0.2, 0.25) is 0 Å². The van der Waals surface area contributed by atoms with E-state index in [4.69, 9.17) is 9.47 Å². The van der Waals surface area contributed by atoms with Crippen LogP contribution in [0.3, 0.4) is 0 Å². The molecule has 3 nitrogen and oxygen atoms in total. The van der Waals surface area contributed by atoms with Gasteiger partial charge in [-0.05, 0) is 43.4 Å². The Morgan fingerprint density at radius 1 is 1.33 bits per heavy atom. The van der Waals surface area contributed by atoms with Gasteiger partial charge in [-0.3, -0.25) is 0 Å². The number of nitrogens with one attached hydrogen (secondary N) is 1. The van der Waals surface area contributed by atoms with Crippen LogP contribution in [0.25, 0.3) is 0 Å². The molecule has 98 valence electrons. The maximum atomic E-state index is 5.42. The maximum absolute atomic E-state index is 5.42. The van der Waals surface area contributed by atoms with Crippen LogP contribution in [-0.4, -0.2) is 12.8 Å². The first kappa shape index (κ1) is 11.8. The standard InChI is InChI=1S/C15H21NO2/c1-3-4-12-7-13(12)16-10(2)11-5-6-14-15(8-11)18-9-17-14/h5-6,8,10,12-13,16H,3-4,7,9H2,1-2H3. The lowest BCUT2D eigenvalue weighted by Crippen LogP contribution is -2.22. The number of hydrogen-bond acceptors (Lipinski definition) is 3. The predicted octanol–water partition coefficient (Wildman–Crippen LogP) is 3.25. The molecule has 3 rings (SSSR count). The van der Waals surface area contributed by atoms with Gasteiger partial charge in [-0.25, -0.2) is 0 Å². The van der Waals surface area contributed by atoms with Gasteiger partial charge < -0.3 is 14.8 Å². The molecule has 0 amide bonds. The van der Waals surface area contributed by atoms with Gasteiger partial charge in [0.1, 0.15) is 0 Å². The van der Waals surface area contributed by atoms with E-state index in [2.05, 4.69) is 31.3 Å². The van der Waals surface area contributed by atoms with Crippen molar-refractivity contribution in [2.45, 2.75) is 45.2 Å². The number of fused-ring (bicyclic) bond motifs is 1. The van der Waals surface area contributed by atoms with Gasteiger partial charge in [0.15, 0.2) is 11.5 Å². The first-order chi connectivity index (χ1) is 8.78. The summed E-state index contributed by atoms with van der Waals surface area (Å²) in [5, 5.41) is 3.70. The minimum absolute atomic E-state index is 0.349. The molecule has 1 saturated carbocycles. The third-order valence-corrected chi connectivity index (χ3v) is 3.94. The molecule has 0 bridgehead atoms. The zero-order valence-corrected chi connectivity index (χ0v) is 11.1. The number of hydrogen-bond donors (Lipinski definition) is 1. The Bertz CT molecular complexity index is 433. The largest absolute Gasteiger partial charge is 0.454 e. The van der Waals surface area contributed by atoms with Crippen molar-refractivity contribution in [1.29, 1.82) is 0 Å². The van der Waals surface area contributed by atoms with Crippen molar-refractivity contribution in [3.63, 3.8) is 0 Å². The van der Waals surface area contributed by atoms with Crippen LogP contribution in [-0.2, 0) is 0 Å². The van der Waals surface area contributed by atoms with Crippen LogP contribution in [0.5, 0.6) is 11.5 Å². The van der Waals surface area contributed by atoms with Crippen molar-refractivity contribution in [3.8, 4) is 11.5 Å². The molecule has 3 unspecified atom stereocenters. The summed E-state index contributed by atoms with van der Waals surface area (Å²) < 4.78 is 10.8. The van der Waals surface area contributed by atoms with Gasteiger partial charge in [0.2, 0.25) is 6.79 Å². The minimum atomic E-state index is 0.349. The van der Waals surface area contributed by atoms with E-state index < -0.39 is 0 Å². The van der Waals surface area contributed by atoms with Gasteiger partial charge >= 0.3 is 0 Å². The van der Waals surface area contributed by atoms with E-state index >= 15 is 0 Å². The lowest BCUT2D eigenvalue weighted by atomic mass is 10.1. The quantitative estimate of drug-likeness (QED) is 0.866. The second-order valence-corrected chi connectivity index (χ2v) is 5.39. The van der Waals surface area contributed by atoms with Crippen LogP contribution < -0.4 is 14.8 Å². The second kappa shape index (κ2) is 4.81. The van der Waals surface area contributed by atoms with Crippen LogP contribution in [0.4, 0.5) is 0 Å². The third-order valence-electron chi connectivity index (χ3n) is 3.94. The average molecular weight is 247 g/mol. The van der Waals surface area contributed by atoms with Crippen LogP contribution in [0.15, 0.2) is 18.2 Å². The zero-order valence-electron chi connectivity index (χ0n) is 11.1. The molecule has 0 spiro atoms. The Hall–Kier alpha value is -1.22. The van der Waals surface area contributed by atoms with Gasteiger partial charge in [0.25, 0.3) is 0 Å². The molecular formula is C15H21NO2. The molecule has 1 aliphatic carbocycles. The zero-order chi connectivity index (χ0) is 12.5. The Balaban J connectivity index is 1.61. The molecule has 0 aromatic heterocycles. The average Bonchev–Trinajstić information content (AvgIpc) is 2.92. The lowest BCUT2D eigenvalue weighted by Gasteiger charge is -2.14. The fourth-order valence-electron chi connectivity index (χ4n) is 2.74. The van der Waals surface area contributed by atoms with E-state index in [1.54, 1.807) is 0 Å². The molecule has 3 heteroatoms. The summed E-state index contributed by atoms with van der Waals surface area (Å²) >= 11 is 0. The summed E-state index contributed by atoms with van der Waals surface area (Å²) in [6.07, 6.45) is 3.98. The highest BCUT2D eigenvalue weighted by molar-refractivity contribution is 5.45. The van der Waals surface area contributed by atoms with E-state index in [-0.39, 0.29) is 0 Å². The molecule has 1 fully saturated rings. The number of rotatable bonds is 5. The second-order valence-electron chi connectivity index (χ2n) is 5.39. The van der Waals surface area contributed by atoms with Gasteiger partial charge in [-0.2, -0.15) is 0 Å². The molecule has 1 aliphatic heterocycles. The molecule has 3 atom stereocenters. The molecule has 1 N–H and O–H groups in total. The van der Waals surface area contributed by atoms with Crippen molar-refractivity contribution in [2.24, 2.45) is 5.92 Å². The molecular weight excluding hydrogens is 226 g/mol. The van der Waals surface area contributed by atoms with Crippen molar-refractivity contribution in [3.05, 3.63) is 23.8 Å². The Morgan fingerprint density at radius 2 is 2.17 bits per heavy atom. The topological polar surface area (TPSA) is 30.5 Å². The smallest absolute Gasteiger partial charge is 0.231 e. The summed E-state index contributed by atoms with van der Waals surface area (Å²) in [5.74, 6) is 2.63. The normalized spacial score (nSPS) is 26.1. The Morgan fingerprint density at radius 3 is 3.00 bits per heavy atom. The van der Waals surface area contributed by atoms with E-state index in [0.717, 1.165) is 17.4 Å². The van der Waals surface area contributed by atoms with E-state index in [1.165, 1.54) is 24.8 Å². The summed E-state index contributed by atoms with van der Waals surface area (Å²) in [7, 11) is 0. The fourth-order valence-corrected chi connectivity index (χ4v) is 2.74. The highest BCUT2D eigenvalue weighted by Gasteiger charge is 2.36. The van der Waals surface area contributed by atoms with Crippen molar-refractivity contribution in [1.82, 2.24) is 5.32 Å². The summed E-state index contributed by atoms with van der Waals surface area (Å²) in [6.45, 7) is 4.83. The summed E-state index contributed by atoms with van der Waals surface area (Å²) in [5.41, 5.74) is 1.28. The molecule has 0 saturated heterocycles. The SMILES string of the molecule is CCCC1CC1NC(C)c1ccc2c(c1)OCO2. The number of benzene rings is 1.